The van der Waals surface area contributed by atoms with Crippen molar-refractivity contribution in [3.63, 3.8) is 0 Å². The number of carboxylic acid groups (broad SMARTS) is 2. The van der Waals surface area contributed by atoms with Gasteiger partial charge in [0.15, 0.2) is 0 Å². The Bertz CT molecular complexity index is 1030. The van der Waals surface area contributed by atoms with Gasteiger partial charge in [-0.15, -0.1) is 6.58 Å². The molecule has 2 aromatic rings. The number of benzene rings is 2. The highest BCUT2D eigenvalue weighted by atomic mass is 16.5. The Hall–Kier alpha value is -3.26. The number of ether oxygens (including phenoxy) is 1. The molecule has 1 aliphatic heterocycles. The minimum atomic E-state index is -1.26. The summed E-state index contributed by atoms with van der Waals surface area (Å²) >= 11 is 0. The Morgan fingerprint density at radius 2 is 1.57 bits per heavy atom. The number of carbonyl (C=O) groups is 2. The van der Waals surface area contributed by atoms with Crippen molar-refractivity contribution in [1.82, 2.24) is 9.80 Å². The summed E-state index contributed by atoms with van der Waals surface area (Å²) in [6, 6.07) is 17.4. The summed E-state index contributed by atoms with van der Waals surface area (Å²) in [6.07, 6.45) is 4.03. The van der Waals surface area contributed by atoms with Crippen LogP contribution in [-0.2, 0) is 19.9 Å². The standard InChI is InChI=1S/C26H36N2O.C4H4O4/c1-5-14-27-15-17-28(18-16-27)19-20-29-26(6-2,24-10-8-7-9-11-24)25-21-22(3)12-13-23(25)4;5-3(6)1-2-4(7)8/h5,7-13,21H,1,6,14-20H2,2-4H3;1-2H,(H,5,6)(H,7,8)/b;2-1+. The van der Waals surface area contributed by atoms with Crippen molar-refractivity contribution in [3.8, 4) is 0 Å². The van der Waals surface area contributed by atoms with Gasteiger partial charge < -0.3 is 14.9 Å². The van der Waals surface area contributed by atoms with Gasteiger partial charge in [-0.1, -0.05) is 67.1 Å². The van der Waals surface area contributed by atoms with E-state index in [1.54, 1.807) is 0 Å². The highest BCUT2D eigenvalue weighted by Crippen LogP contribution is 2.39. The van der Waals surface area contributed by atoms with Crippen LogP contribution in [-0.4, -0.2) is 77.8 Å². The molecule has 7 nitrogen and oxygen atoms in total. The summed E-state index contributed by atoms with van der Waals surface area (Å²) in [4.78, 5) is 24.1. The lowest BCUT2D eigenvalue weighted by atomic mass is 9.81. The fraction of sp³-hybridized carbons (Fsp3) is 0.400. The monoisotopic (exact) mass is 508 g/mol. The zero-order valence-electron chi connectivity index (χ0n) is 22.2. The number of hydrogen-bond acceptors (Lipinski definition) is 5. The van der Waals surface area contributed by atoms with Gasteiger partial charge in [0.1, 0.15) is 5.60 Å². The average Bonchev–Trinajstić information content (AvgIpc) is 2.89. The minimum Gasteiger partial charge on any atom is -0.478 e. The van der Waals surface area contributed by atoms with Crippen LogP contribution in [0.1, 0.15) is 35.6 Å². The number of nitrogens with zero attached hydrogens (tertiary/aromatic N) is 2. The number of piperazine rings is 1. The average molecular weight is 509 g/mol. The van der Waals surface area contributed by atoms with Crippen molar-refractivity contribution in [2.75, 3.05) is 45.9 Å². The summed E-state index contributed by atoms with van der Waals surface area (Å²) in [5.74, 6) is -2.51. The molecule has 0 bridgehead atoms. The van der Waals surface area contributed by atoms with Gasteiger partial charge in [-0.3, -0.25) is 9.80 Å². The number of rotatable bonds is 11. The fourth-order valence-electron chi connectivity index (χ4n) is 4.56. The molecule has 0 radical (unpaired) electrons. The molecule has 0 aromatic heterocycles. The first-order valence-electron chi connectivity index (χ1n) is 12.7. The van der Waals surface area contributed by atoms with E-state index in [0.29, 0.717) is 12.2 Å². The van der Waals surface area contributed by atoms with Crippen LogP contribution in [0.5, 0.6) is 0 Å². The van der Waals surface area contributed by atoms with Crippen molar-refractivity contribution >= 4 is 11.9 Å². The molecule has 1 fully saturated rings. The predicted octanol–water partition coefficient (Wildman–Crippen LogP) is 4.49. The van der Waals surface area contributed by atoms with Crippen LogP contribution in [0.15, 0.2) is 73.3 Å². The van der Waals surface area contributed by atoms with E-state index < -0.39 is 17.5 Å². The van der Waals surface area contributed by atoms with Crippen molar-refractivity contribution in [2.45, 2.75) is 32.8 Å². The summed E-state index contributed by atoms with van der Waals surface area (Å²) in [5, 5.41) is 15.6. The van der Waals surface area contributed by atoms with E-state index in [1.165, 1.54) is 22.3 Å². The van der Waals surface area contributed by atoms with Gasteiger partial charge in [0.25, 0.3) is 0 Å². The minimum absolute atomic E-state index is 0.401. The van der Waals surface area contributed by atoms with Crippen molar-refractivity contribution in [1.29, 1.82) is 0 Å². The highest BCUT2D eigenvalue weighted by Gasteiger charge is 2.35. The van der Waals surface area contributed by atoms with Crippen molar-refractivity contribution < 1.29 is 24.5 Å². The lowest BCUT2D eigenvalue weighted by Gasteiger charge is -2.38. The van der Waals surface area contributed by atoms with Crippen LogP contribution >= 0.6 is 0 Å². The Morgan fingerprint density at radius 1 is 0.973 bits per heavy atom. The second kappa shape index (κ2) is 15.1. The maximum absolute atomic E-state index is 9.55. The maximum atomic E-state index is 9.55. The molecule has 7 heteroatoms. The molecule has 0 aliphatic carbocycles. The first-order chi connectivity index (χ1) is 17.7. The molecule has 200 valence electrons. The highest BCUT2D eigenvalue weighted by molar-refractivity contribution is 5.89. The molecule has 1 heterocycles. The molecule has 1 atom stereocenters. The number of aryl methyl sites for hydroxylation is 2. The first-order valence-corrected chi connectivity index (χ1v) is 12.7. The summed E-state index contributed by atoms with van der Waals surface area (Å²) < 4.78 is 6.79. The predicted molar refractivity (Wildman–Crippen MR) is 147 cm³/mol. The first kappa shape index (κ1) is 30.0. The third-order valence-electron chi connectivity index (χ3n) is 6.54. The van der Waals surface area contributed by atoms with Gasteiger partial charge in [-0.25, -0.2) is 9.59 Å². The van der Waals surface area contributed by atoms with E-state index >= 15 is 0 Å². The van der Waals surface area contributed by atoms with Gasteiger partial charge in [0.2, 0.25) is 0 Å². The molecular weight excluding hydrogens is 468 g/mol. The SMILES string of the molecule is C=CCN1CCN(CCOC(CC)(c2ccccc2)c2cc(C)ccc2C)CC1.O=C(O)/C=C/C(=O)O. The maximum Gasteiger partial charge on any atom is 0.328 e. The Balaban J connectivity index is 0.000000521. The molecule has 1 unspecified atom stereocenters. The van der Waals surface area contributed by atoms with Crippen molar-refractivity contribution in [2.24, 2.45) is 0 Å². The van der Waals surface area contributed by atoms with Crippen LogP contribution < -0.4 is 0 Å². The third kappa shape index (κ3) is 9.28. The summed E-state index contributed by atoms with van der Waals surface area (Å²) in [5.41, 5.74) is 4.71. The van der Waals surface area contributed by atoms with E-state index in [1.807, 2.05) is 6.08 Å². The van der Waals surface area contributed by atoms with E-state index in [9.17, 15) is 9.59 Å². The van der Waals surface area contributed by atoms with Crippen LogP contribution in [0.2, 0.25) is 0 Å². The van der Waals surface area contributed by atoms with E-state index in [-0.39, 0.29) is 0 Å². The lowest BCUT2D eigenvalue weighted by Crippen LogP contribution is -2.47. The lowest BCUT2D eigenvalue weighted by molar-refractivity contribution is -0.134. The Labute approximate surface area is 220 Å². The van der Waals surface area contributed by atoms with Gasteiger partial charge in [0.05, 0.1) is 6.61 Å². The molecule has 2 N–H and O–H groups in total. The number of carboxylic acids is 2. The van der Waals surface area contributed by atoms with Crippen LogP contribution in [0.25, 0.3) is 0 Å². The molecular formula is C30H40N2O5. The Morgan fingerprint density at radius 3 is 2.11 bits per heavy atom. The Kier molecular flexibility index (Phi) is 12.2. The largest absolute Gasteiger partial charge is 0.478 e. The molecule has 0 saturated carbocycles. The molecule has 1 aliphatic rings. The van der Waals surface area contributed by atoms with Crippen LogP contribution in [0.4, 0.5) is 0 Å². The smallest absolute Gasteiger partial charge is 0.328 e. The topological polar surface area (TPSA) is 90.3 Å². The number of hydrogen-bond donors (Lipinski definition) is 2. The quantitative estimate of drug-likeness (QED) is 0.341. The van der Waals surface area contributed by atoms with Gasteiger partial charge in [0, 0.05) is 51.4 Å². The van der Waals surface area contributed by atoms with Crippen molar-refractivity contribution in [3.05, 3.63) is 95.6 Å². The van der Waals surface area contributed by atoms with E-state index in [0.717, 1.165) is 52.3 Å². The number of aliphatic carboxylic acids is 2. The summed E-state index contributed by atoms with van der Waals surface area (Å²) in [7, 11) is 0. The van der Waals surface area contributed by atoms with Gasteiger partial charge >= 0.3 is 11.9 Å². The van der Waals surface area contributed by atoms with Gasteiger partial charge in [-0.2, -0.15) is 0 Å². The van der Waals surface area contributed by atoms with Gasteiger partial charge in [-0.05, 0) is 37.0 Å². The molecule has 1 saturated heterocycles. The molecule has 0 spiro atoms. The second-order valence-electron chi connectivity index (χ2n) is 9.15. The molecule has 37 heavy (non-hydrogen) atoms. The van der Waals surface area contributed by atoms with Crippen LogP contribution in [0, 0.1) is 13.8 Å². The third-order valence-corrected chi connectivity index (χ3v) is 6.54. The zero-order chi connectivity index (χ0) is 27.3. The van der Waals surface area contributed by atoms with E-state index in [4.69, 9.17) is 14.9 Å². The fourth-order valence-corrected chi connectivity index (χ4v) is 4.56. The summed E-state index contributed by atoms with van der Waals surface area (Å²) in [6.45, 7) is 17.6. The van der Waals surface area contributed by atoms with Crippen LogP contribution in [0.3, 0.4) is 0 Å². The normalized spacial score (nSPS) is 16.0. The molecule has 3 rings (SSSR count). The second-order valence-corrected chi connectivity index (χ2v) is 9.15. The molecule has 0 amide bonds. The van der Waals surface area contributed by atoms with E-state index in [2.05, 4.69) is 85.7 Å². The molecule has 2 aromatic carbocycles. The zero-order valence-corrected chi connectivity index (χ0v) is 22.2.